The molecule has 1 aromatic carbocycles. The molecular formula is C17H17N3S. The molecule has 0 radical (unpaired) electrons. The van der Waals surface area contributed by atoms with Crippen LogP contribution in [0.1, 0.15) is 17.3 Å². The second-order valence-corrected chi connectivity index (χ2v) is 5.67. The van der Waals surface area contributed by atoms with Gasteiger partial charge in [-0.05, 0) is 24.7 Å². The lowest BCUT2D eigenvalue weighted by Gasteiger charge is -2.15. The predicted octanol–water partition coefficient (Wildman–Crippen LogP) is 3.71. The molecule has 0 saturated heterocycles. The van der Waals surface area contributed by atoms with Crippen molar-refractivity contribution in [2.45, 2.75) is 12.5 Å². The van der Waals surface area contributed by atoms with Gasteiger partial charge in [0.25, 0.3) is 0 Å². The molecule has 1 unspecified atom stereocenters. The van der Waals surface area contributed by atoms with Gasteiger partial charge in [-0.2, -0.15) is 0 Å². The molecule has 0 amide bonds. The van der Waals surface area contributed by atoms with Gasteiger partial charge in [-0.1, -0.05) is 36.4 Å². The molecule has 0 saturated carbocycles. The normalized spacial score (nSPS) is 12.2. The van der Waals surface area contributed by atoms with Gasteiger partial charge in [0.2, 0.25) is 0 Å². The molecule has 2 heterocycles. The van der Waals surface area contributed by atoms with Crippen molar-refractivity contribution < 1.29 is 0 Å². The van der Waals surface area contributed by atoms with E-state index in [-0.39, 0.29) is 6.04 Å². The first-order valence-electron chi connectivity index (χ1n) is 6.95. The third-order valence-corrected chi connectivity index (χ3v) is 4.31. The third-order valence-electron chi connectivity index (χ3n) is 3.40. The Bertz CT molecular complexity index is 680. The van der Waals surface area contributed by atoms with Crippen molar-refractivity contribution in [3.8, 4) is 10.7 Å². The summed E-state index contributed by atoms with van der Waals surface area (Å²) in [6.45, 7) is 0. The maximum Gasteiger partial charge on any atom is 0.142 e. The number of hydrogen-bond donors (Lipinski definition) is 1. The molecule has 0 aliphatic carbocycles. The second kappa shape index (κ2) is 6.61. The molecule has 0 aliphatic rings. The van der Waals surface area contributed by atoms with Gasteiger partial charge in [0, 0.05) is 24.0 Å². The summed E-state index contributed by atoms with van der Waals surface area (Å²) >= 11 is 1.65. The maximum atomic E-state index is 4.71. The molecule has 21 heavy (non-hydrogen) atoms. The van der Waals surface area contributed by atoms with E-state index < -0.39 is 0 Å². The van der Waals surface area contributed by atoms with Crippen LogP contribution in [-0.4, -0.2) is 17.0 Å². The molecule has 0 fully saturated rings. The Hall–Kier alpha value is -2.04. The number of hydrogen-bond acceptors (Lipinski definition) is 4. The first-order chi connectivity index (χ1) is 10.4. The lowest BCUT2D eigenvalue weighted by atomic mass is 10.0. The summed E-state index contributed by atoms with van der Waals surface area (Å²) in [4.78, 5) is 9.06. The minimum absolute atomic E-state index is 0.282. The zero-order valence-corrected chi connectivity index (χ0v) is 12.7. The summed E-state index contributed by atoms with van der Waals surface area (Å²) in [6.07, 6.45) is 2.68. The Morgan fingerprint density at radius 1 is 1.10 bits per heavy atom. The van der Waals surface area contributed by atoms with Gasteiger partial charge < -0.3 is 5.32 Å². The number of rotatable bonds is 5. The van der Waals surface area contributed by atoms with E-state index in [1.54, 1.807) is 17.5 Å². The number of thiazole rings is 1. The molecule has 3 aromatic rings. The third kappa shape index (κ3) is 3.35. The van der Waals surface area contributed by atoms with Crippen LogP contribution >= 0.6 is 11.3 Å². The lowest BCUT2D eigenvalue weighted by molar-refractivity contribution is 0.586. The van der Waals surface area contributed by atoms with Crippen LogP contribution < -0.4 is 5.32 Å². The highest BCUT2D eigenvalue weighted by Crippen LogP contribution is 2.24. The molecule has 3 rings (SSSR count). The number of nitrogens with one attached hydrogen (secondary N) is 1. The Labute approximate surface area is 128 Å². The highest BCUT2D eigenvalue weighted by molar-refractivity contribution is 7.13. The lowest BCUT2D eigenvalue weighted by Crippen LogP contribution is -2.18. The standard InChI is InChI=1S/C17H17N3S/c1-18-16(13-7-3-2-4-8-13)11-14-12-21-17(20-14)15-9-5-6-10-19-15/h2-10,12,16,18H,11H2,1H3. The minimum Gasteiger partial charge on any atom is -0.313 e. The van der Waals surface area contributed by atoms with E-state index >= 15 is 0 Å². The highest BCUT2D eigenvalue weighted by Gasteiger charge is 2.13. The smallest absolute Gasteiger partial charge is 0.142 e. The SMILES string of the molecule is CNC(Cc1csc(-c2ccccn2)n1)c1ccccc1. The molecule has 4 heteroatoms. The Morgan fingerprint density at radius 3 is 2.62 bits per heavy atom. The maximum absolute atomic E-state index is 4.71. The van der Waals surface area contributed by atoms with Crippen LogP contribution in [0.5, 0.6) is 0 Å². The molecule has 3 nitrogen and oxygen atoms in total. The average molecular weight is 295 g/mol. The number of nitrogens with zero attached hydrogens (tertiary/aromatic N) is 2. The molecule has 106 valence electrons. The van der Waals surface area contributed by atoms with Crippen LogP contribution in [0.25, 0.3) is 10.7 Å². The fraction of sp³-hybridized carbons (Fsp3) is 0.176. The van der Waals surface area contributed by atoms with E-state index in [1.807, 2.05) is 31.3 Å². The Kier molecular flexibility index (Phi) is 4.38. The average Bonchev–Trinajstić information content (AvgIpc) is 3.03. The molecule has 1 N–H and O–H groups in total. The van der Waals surface area contributed by atoms with Gasteiger partial charge in [-0.25, -0.2) is 4.98 Å². The fourth-order valence-electron chi connectivity index (χ4n) is 2.29. The first kappa shape index (κ1) is 13.9. The van der Waals surface area contributed by atoms with Gasteiger partial charge in [0.1, 0.15) is 5.01 Å². The van der Waals surface area contributed by atoms with Crippen molar-refractivity contribution in [1.29, 1.82) is 0 Å². The van der Waals surface area contributed by atoms with Crippen molar-refractivity contribution in [3.63, 3.8) is 0 Å². The number of pyridine rings is 1. The zero-order chi connectivity index (χ0) is 14.5. The van der Waals surface area contributed by atoms with Crippen LogP contribution in [0.3, 0.4) is 0 Å². The molecule has 0 spiro atoms. The van der Waals surface area contributed by atoms with Crippen molar-refractivity contribution in [1.82, 2.24) is 15.3 Å². The molecule has 0 bridgehead atoms. The van der Waals surface area contributed by atoms with Crippen molar-refractivity contribution in [2.75, 3.05) is 7.05 Å². The largest absolute Gasteiger partial charge is 0.313 e. The van der Waals surface area contributed by atoms with E-state index in [4.69, 9.17) is 4.98 Å². The summed E-state index contributed by atoms with van der Waals surface area (Å²) in [6, 6.07) is 16.7. The van der Waals surface area contributed by atoms with Crippen LogP contribution in [0.2, 0.25) is 0 Å². The number of likely N-dealkylation sites (N-methyl/N-ethyl adjacent to an activating group) is 1. The van der Waals surface area contributed by atoms with Crippen molar-refractivity contribution in [3.05, 3.63) is 71.4 Å². The summed E-state index contributed by atoms with van der Waals surface area (Å²) in [5.74, 6) is 0. The Balaban J connectivity index is 1.78. The molecule has 2 aromatic heterocycles. The van der Waals surface area contributed by atoms with Crippen LogP contribution in [-0.2, 0) is 6.42 Å². The van der Waals surface area contributed by atoms with Crippen LogP contribution in [0, 0.1) is 0 Å². The number of benzene rings is 1. The Morgan fingerprint density at radius 2 is 1.90 bits per heavy atom. The summed E-state index contributed by atoms with van der Waals surface area (Å²) in [5, 5.41) is 6.47. The fourth-order valence-corrected chi connectivity index (χ4v) is 3.10. The van der Waals surface area contributed by atoms with Crippen molar-refractivity contribution in [2.24, 2.45) is 0 Å². The highest BCUT2D eigenvalue weighted by atomic mass is 32.1. The van der Waals surface area contributed by atoms with E-state index in [9.17, 15) is 0 Å². The molecule has 0 aliphatic heterocycles. The van der Waals surface area contributed by atoms with Gasteiger partial charge >= 0.3 is 0 Å². The number of aromatic nitrogens is 2. The van der Waals surface area contributed by atoms with E-state index in [1.165, 1.54) is 5.56 Å². The van der Waals surface area contributed by atoms with Gasteiger partial charge in [-0.15, -0.1) is 11.3 Å². The van der Waals surface area contributed by atoms with Gasteiger partial charge in [0.05, 0.1) is 11.4 Å². The summed E-state index contributed by atoms with van der Waals surface area (Å²) in [5.41, 5.74) is 3.32. The van der Waals surface area contributed by atoms with E-state index in [0.29, 0.717) is 0 Å². The predicted molar refractivity (Wildman–Crippen MR) is 87.3 cm³/mol. The summed E-state index contributed by atoms with van der Waals surface area (Å²) < 4.78 is 0. The quantitative estimate of drug-likeness (QED) is 0.780. The molecule has 1 atom stereocenters. The second-order valence-electron chi connectivity index (χ2n) is 4.82. The van der Waals surface area contributed by atoms with Crippen LogP contribution in [0.15, 0.2) is 60.1 Å². The molecular weight excluding hydrogens is 278 g/mol. The van der Waals surface area contributed by atoms with E-state index in [0.717, 1.165) is 22.8 Å². The summed E-state index contributed by atoms with van der Waals surface area (Å²) in [7, 11) is 1.99. The van der Waals surface area contributed by atoms with Gasteiger partial charge in [0.15, 0.2) is 0 Å². The van der Waals surface area contributed by atoms with Gasteiger partial charge in [-0.3, -0.25) is 4.98 Å². The van der Waals surface area contributed by atoms with Crippen LogP contribution in [0.4, 0.5) is 0 Å². The van der Waals surface area contributed by atoms with Crippen molar-refractivity contribution >= 4 is 11.3 Å². The monoisotopic (exact) mass is 295 g/mol. The zero-order valence-electron chi connectivity index (χ0n) is 11.9. The van der Waals surface area contributed by atoms with E-state index in [2.05, 4.69) is 39.9 Å². The minimum atomic E-state index is 0.282. The first-order valence-corrected chi connectivity index (χ1v) is 7.83. The topological polar surface area (TPSA) is 37.8 Å².